The largest absolute Gasteiger partial charge is 0.494 e. The molecule has 0 radical (unpaired) electrons. The van der Waals surface area contributed by atoms with Crippen molar-refractivity contribution in [2.75, 3.05) is 18.7 Å². The number of fused-ring (bicyclic) bond motifs is 1. The molecular formula is C16H16N2O2S2. The van der Waals surface area contributed by atoms with Gasteiger partial charge >= 0.3 is 0 Å². The Hall–Kier alpha value is -1.92. The molecule has 0 bridgehead atoms. The van der Waals surface area contributed by atoms with Crippen LogP contribution in [0, 0.1) is 0 Å². The quantitative estimate of drug-likeness (QED) is 0.775. The van der Waals surface area contributed by atoms with Gasteiger partial charge in [-0.2, -0.15) is 0 Å². The van der Waals surface area contributed by atoms with Crippen LogP contribution in [-0.4, -0.2) is 22.6 Å². The normalized spacial score (nSPS) is 12.3. The van der Waals surface area contributed by atoms with E-state index < -0.39 is 10.8 Å². The molecule has 114 valence electrons. The Morgan fingerprint density at radius 1 is 1.23 bits per heavy atom. The van der Waals surface area contributed by atoms with Gasteiger partial charge in [-0.1, -0.05) is 29.5 Å². The van der Waals surface area contributed by atoms with Gasteiger partial charge in [0.2, 0.25) is 0 Å². The second-order valence-electron chi connectivity index (χ2n) is 4.78. The van der Waals surface area contributed by atoms with E-state index in [1.54, 1.807) is 24.7 Å². The van der Waals surface area contributed by atoms with Crippen molar-refractivity contribution >= 4 is 37.5 Å². The molecule has 0 saturated heterocycles. The minimum absolute atomic E-state index is 0.679. The monoisotopic (exact) mass is 332 g/mol. The van der Waals surface area contributed by atoms with E-state index >= 15 is 0 Å². The molecule has 1 atom stereocenters. The fourth-order valence-corrected chi connectivity index (χ4v) is 3.54. The molecule has 3 aromatic rings. The number of para-hydroxylation sites is 1. The number of nitrogens with zero attached hydrogens (tertiary/aromatic N) is 1. The highest BCUT2D eigenvalue weighted by Crippen LogP contribution is 2.32. The van der Waals surface area contributed by atoms with Gasteiger partial charge in [-0.25, -0.2) is 4.98 Å². The van der Waals surface area contributed by atoms with E-state index in [2.05, 4.69) is 10.3 Å². The molecule has 1 heterocycles. The summed E-state index contributed by atoms with van der Waals surface area (Å²) in [6.07, 6.45) is 1.68. The first-order valence-corrected chi connectivity index (χ1v) is 9.14. The molecule has 22 heavy (non-hydrogen) atoms. The van der Waals surface area contributed by atoms with Crippen LogP contribution >= 0.6 is 11.3 Å². The van der Waals surface area contributed by atoms with Gasteiger partial charge in [-0.3, -0.25) is 4.21 Å². The van der Waals surface area contributed by atoms with Crippen molar-refractivity contribution in [2.24, 2.45) is 0 Å². The van der Waals surface area contributed by atoms with Crippen LogP contribution < -0.4 is 10.1 Å². The first kappa shape index (κ1) is 15.0. The van der Waals surface area contributed by atoms with Gasteiger partial charge < -0.3 is 10.1 Å². The summed E-state index contributed by atoms with van der Waals surface area (Å²) in [6.45, 7) is 0.679. The topological polar surface area (TPSA) is 51.2 Å². The van der Waals surface area contributed by atoms with Crippen LogP contribution in [0.3, 0.4) is 0 Å². The van der Waals surface area contributed by atoms with Crippen LogP contribution in [0.4, 0.5) is 5.13 Å². The third-order valence-electron chi connectivity index (χ3n) is 3.30. The van der Waals surface area contributed by atoms with Crippen molar-refractivity contribution in [3.8, 4) is 5.75 Å². The van der Waals surface area contributed by atoms with Crippen LogP contribution in [0.25, 0.3) is 10.2 Å². The van der Waals surface area contributed by atoms with Crippen LogP contribution in [0.5, 0.6) is 5.75 Å². The number of ether oxygens (including phenoxy) is 1. The Labute approximate surface area is 135 Å². The zero-order chi connectivity index (χ0) is 15.5. The van der Waals surface area contributed by atoms with Crippen molar-refractivity contribution < 1.29 is 8.95 Å². The second-order valence-corrected chi connectivity index (χ2v) is 7.19. The molecule has 0 saturated carbocycles. The first-order chi connectivity index (χ1) is 10.7. The maximum Gasteiger partial charge on any atom is 0.184 e. The zero-order valence-corrected chi connectivity index (χ0v) is 14.0. The van der Waals surface area contributed by atoms with E-state index in [-0.39, 0.29) is 0 Å². The van der Waals surface area contributed by atoms with Crippen molar-refractivity contribution in [3.63, 3.8) is 0 Å². The predicted molar refractivity (Wildman–Crippen MR) is 92.3 cm³/mol. The van der Waals surface area contributed by atoms with E-state index in [4.69, 9.17) is 4.74 Å². The number of thiazole rings is 1. The van der Waals surface area contributed by atoms with Gasteiger partial charge in [0, 0.05) is 28.5 Å². The predicted octanol–water partition coefficient (Wildman–Crippen LogP) is 3.65. The molecule has 0 aliphatic rings. The number of hydrogen-bond donors (Lipinski definition) is 1. The van der Waals surface area contributed by atoms with Crippen molar-refractivity contribution in [3.05, 3.63) is 48.0 Å². The minimum atomic E-state index is -0.936. The highest BCUT2D eigenvalue weighted by molar-refractivity contribution is 7.84. The molecule has 1 N–H and O–H groups in total. The van der Waals surface area contributed by atoms with E-state index in [0.29, 0.717) is 6.54 Å². The molecule has 0 spiro atoms. The molecular weight excluding hydrogens is 316 g/mol. The van der Waals surface area contributed by atoms with Crippen molar-refractivity contribution in [1.82, 2.24) is 4.98 Å². The maximum atomic E-state index is 11.4. The lowest BCUT2D eigenvalue weighted by Crippen LogP contribution is -1.99. The summed E-state index contributed by atoms with van der Waals surface area (Å²) in [5.74, 6) is 0.788. The van der Waals surface area contributed by atoms with E-state index in [1.165, 1.54) is 0 Å². The average Bonchev–Trinajstić information content (AvgIpc) is 2.96. The smallest absolute Gasteiger partial charge is 0.184 e. The highest BCUT2D eigenvalue weighted by atomic mass is 32.2. The molecule has 0 amide bonds. The molecule has 0 aliphatic heterocycles. The van der Waals surface area contributed by atoms with Gasteiger partial charge in [0.05, 0.1) is 11.8 Å². The molecule has 1 aromatic heterocycles. The number of anilines is 1. The Morgan fingerprint density at radius 2 is 2.00 bits per heavy atom. The first-order valence-electron chi connectivity index (χ1n) is 6.77. The third-order valence-corrected chi connectivity index (χ3v) is 5.22. The van der Waals surface area contributed by atoms with Crippen molar-refractivity contribution in [1.29, 1.82) is 0 Å². The summed E-state index contributed by atoms with van der Waals surface area (Å²) >= 11 is 1.60. The standard InChI is InChI=1S/C16H16N2O2S2/c1-20-13-4-3-5-14-15(13)18-16(21-14)17-10-11-6-8-12(9-7-11)22(2)19/h3-9H,10H2,1-2H3,(H,17,18)/t22-/m1/s1. The zero-order valence-electron chi connectivity index (χ0n) is 12.3. The Balaban J connectivity index is 1.75. The molecule has 0 unspecified atom stereocenters. The lowest BCUT2D eigenvalue weighted by molar-refractivity contribution is 0.419. The van der Waals surface area contributed by atoms with Gasteiger partial charge in [0.1, 0.15) is 11.3 Å². The summed E-state index contributed by atoms with van der Waals surface area (Å²) < 4.78 is 17.8. The van der Waals surface area contributed by atoms with Gasteiger partial charge in [0.25, 0.3) is 0 Å². The lowest BCUT2D eigenvalue weighted by Gasteiger charge is -2.03. The lowest BCUT2D eigenvalue weighted by atomic mass is 10.2. The summed E-state index contributed by atoms with van der Waals surface area (Å²) in [5, 5.41) is 4.19. The molecule has 3 rings (SSSR count). The molecule has 2 aromatic carbocycles. The van der Waals surface area contributed by atoms with Crippen LogP contribution in [0.1, 0.15) is 5.56 Å². The van der Waals surface area contributed by atoms with Crippen LogP contribution in [0.15, 0.2) is 47.4 Å². The highest BCUT2D eigenvalue weighted by Gasteiger charge is 2.08. The van der Waals surface area contributed by atoms with Crippen LogP contribution in [-0.2, 0) is 17.3 Å². The number of hydrogen-bond acceptors (Lipinski definition) is 5. The fourth-order valence-electron chi connectivity index (χ4n) is 2.14. The maximum absolute atomic E-state index is 11.4. The Morgan fingerprint density at radius 3 is 2.68 bits per heavy atom. The van der Waals surface area contributed by atoms with E-state index in [0.717, 1.165) is 31.6 Å². The molecule has 6 heteroatoms. The summed E-state index contributed by atoms with van der Waals surface area (Å²) in [4.78, 5) is 5.42. The minimum Gasteiger partial charge on any atom is -0.494 e. The SMILES string of the molecule is COc1cccc2sc(NCc3ccc([S@@](C)=O)cc3)nc12. The average molecular weight is 332 g/mol. The number of aromatic nitrogens is 1. The number of benzene rings is 2. The van der Waals surface area contributed by atoms with Gasteiger partial charge in [-0.05, 0) is 29.8 Å². The molecule has 0 aliphatic carbocycles. The van der Waals surface area contributed by atoms with Crippen LogP contribution in [0.2, 0.25) is 0 Å². The van der Waals surface area contributed by atoms with Crippen molar-refractivity contribution in [2.45, 2.75) is 11.4 Å². The molecule has 0 fully saturated rings. The number of methoxy groups -OCH3 is 1. The Kier molecular flexibility index (Phi) is 4.40. The number of nitrogens with one attached hydrogen (secondary N) is 1. The molecule has 4 nitrogen and oxygen atoms in total. The second kappa shape index (κ2) is 6.46. The fraction of sp³-hybridized carbons (Fsp3) is 0.188. The Bertz CT molecular complexity index is 813. The summed E-state index contributed by atoms with van der Waals surface area (Å²) in [5.41, 5.74) is 2.01. The van der Waals surface area contributed by atoms with Gasteiger partial charge in [0.15, 0.2) is 5.13 Å². The summed E-state index contributed by atoms with van der Waals surface area (Å²) in [7, 11) is 0.717. The van der Waals surface area contributed by atoms with E-state index in [9.17, 15) is 4.21 Å². The number of rotatable bonds is 5. The van der Waals surface area contributed by atoms with Gasteiger partial charge in [-0.15, -0.1) is 0 Å². The van der Waals surface area contributed by atoms with E-state index in [1.807, 2.05) is 42.5 Å². The summed E-state index contributed by atoms with van der Waals surface area (Å²) in [6, 6.07) is 13.7. The third kappa shape index (κ3) is 3.13.